The highest BCUT2D eigenvalue weighted by molar-refractivity contribution is 7.07. The molecule has 1 unspecified atom stereocenters. The van der Waals surface area contributed by atoms with Crippen LogP contribution in [0.25, 0.3) is 0 Å². The van der Waals surface area contributed by atoms with Crippen LogP contribution in [0, 0.1) is 0 Å². The monoisotopic (exact) mass is 289 g/mol. The molecule has 0 amide bonds. The van der Waals surface area contributed by atoms with E-state index in [-0.39, 0.29) is 0 Å². The maximum absolute atomic E-state index is 5.87. The molecule has 0 aliphatic carbocycles. The maximum Gasteiger partial charge on any atom is 0.115 e. The minimum Gasteiger partial charge on any atom is -0.376 e. The molecule has 3 heterocycles. The van der Waals surface area contributed by atoms with E-state index in [1.165, 1.54) is 5.56 Å². The summed E-state index contributed by atoms with van der Waals surface area (Å²) in [6.07, 6.45) is 5.71. The largest absolute Gasteiger partial charge is 0.376 e. The van der Waals surface area contributed by atoms with E-state index in [1.54, 1.807) is 23.9 Å². The summed E-state index contributed by atoms with van der Waals surface area (Å²) in [5, 5.41) is 4.37. The number of aromatic nitrogens is 2. The van der Waals surface area contributed by atoms with Crippen molar-refractivity contribution in [3.63, 3.8) is 0 Å². The third-order valence-electron chi connectivity index (χ3n) is 3.57. The van der Waals surface area contributed by atoms with Crippen LogP contribution in [0.4, 0.5) is 0 Å². The Balaban J connectivity index is 1.48. The van der Waals surface area contributed by atoms with Gasteiger partial charge in [0.1, 0.15) is 6.33 Å². The molecule has 20 heavy (non-hydrogen) atoms. The van der Waals surface area contributed by atoms with E-state index in [0.717, 1.165) is 44.8 Å². The fourth-order valence-corrected chi connectivity index (χ4v) is 3.17. The van der Waals surface area contributed by atoms with Crippen molar-refractivity contribution in [1.82, 2.24) is 14.9 Å². The summed E-state index contributed by atoms with van der Waals surface area (Å²) in [6, 6.07) is 4.18. The summed E-state index contributed by atoms with van der Waals surface area (Å²) in [7, 11) is 0. The number of ether oxygens (including phenoxy) is 1. The molecule has 0 N–H and O–H groups in total. The highest BCUT2D eigenvalue weighted by Gasteiger charge is 2.20. The molecule has 4 nitrogen and oxygen atoms in total. The van der Waals surface area contributed by atoms with Crippen molar-refractivity contribution >= 4 is 11.3 Å². The molecule has 1 saturated heterocycles. The van der Waals surface area contributed by atoms with Gasteiger partial charge in [-0.05, 0) is 41.3 Å². The summed E-state index contributed by atoms with van der Waals surface area (Å²) < 4.78 is 5.87. The Kier molecular flexibility index (Phi) is 4.73. The topological polar surface area (TPSA) is 38.2 Å². The zero-order valence-corrected chi connectivity index (χ0v) is 12.3. The molecular formula is C15H19N3OS. The molecule has 0 spiro atoms. The zero-order valence-electron chi connectivity index (χ0n) is 11.4. The lowest BCUT2D eigenvalue weighted by Crippen LogP contribution is -2.42. The van der Waals surface area contributed by atoms with Gasteiger partial charge in [0.05, 0.1) is 12.7 Å². The summed E-state index contributed by atoms with van der Waals surface area (Å²) in [5.74, 6) is 0. The molecule has 1 aliphatic rings. The van der Waals surface area contributed by atoms with Crippen LogP contribution in [0.15, 0.2) is 35.4 Å². The fourth-order valence-electron chi connectivity index (χ4n) is 2.51. The Morgan fingerprint density at radius 1 is 1.40 bits per heavy atom. The van der Waals surface area contributed by atoms with E-state index >= 15 is 0 Å². The van der Waals surface area contributed by atoms with Crippen LogP contribution in [0.2, 0.25) is 0 Å². The number of thiophene rings is 1. The number of hydrogen-bond donors (Lipinski definition) is 0. The molecule has 3 rings (SSSR count). The number of aryl methyl sites for hydroxylation is 1. The average molecular weight is 289 g/mol. The number of morpholine rings is 1. The van der Waals surface area contributed by atoms with Gasteiger partial charge in [-0.3, -0.25) is 4.90 Å². The Hall–Kier alpha value is -1.30. The molecule has 5 heteroatoms. The molecule has 1 aliphatic heterocycles. The minimum absolute atomic E-state index is 0.317. The molecule has 106 valence electrons. The van der Waals surface area contributed by atoms with E-state index in [1.807, 2.05) is 6.07 Å². The molecule has 0 radical (unpaired) electrons. The Morgan fingerprint density at radius 2 is 2.40 bits per heavy atom. The van der Waals surface area contributed by atoms with Gasteiger partial charge in [0, 0.05) is 31.5 Å². The van der Waals surface area contributed by atoms with Gasteiger partial charge in [-0.15, -0.1) is 0 Å². The quantitative estimate of drug-likeness (QED) is 0.847. The normalized spacial score (nSPS) is 20.1. The van der Waals surface area contributed by atoms with Crippen molar-refractivity contribution in [1.29, 1.82) is 0 Å². The van der Waals surface area contributed by atoms with E-state index < -0.39 is 0 Å². The first-order valence-corrected chi connectivity index (χ1v) is 7.94. The van der Waals surface area contributed by atoms with Crippen molar-refractivity contribution in [2.24, 2.45) is 0 Å². The highest BCUT2D eigenvalue weighted by atomic mass is 32.1. The van der Waals surface area contributed by atoms with E-state index in [2.05, 4.69) is 31.7 Å². The van der Waals surface area contributed by atoms with Crippen LogP contribution >= 0.6 is 11.3 Å². The minimum atomic E-state index is 0.317. The van der Waals surface area contributed by atoms with Crippen molar-refractivity contribution < 1.29 is 4.74 Å². The number of rotatable bonds is 5. The number of hydrogen-bond acceptors (Lipinski definition) is 5. The van der Waals surface area contributed by atoms with Crippen LogP contribution in [0.3, 0.4) is 0 Å². The van der Waals surface area contributed by atoms with Crippen LogP contribution < -0.4 is 0 Å². The fraction of sp³-hybridized carbons (Fsp3) is 0.467. The second-order valence-corrected chi connectivity index (χ2v) is 5.88. The van der Waals surface area contributed by atoms with Gasteiger partial charge in [-0.25, -0.2) is 9.97 Å². The van der Waals surface area contributed by atoms with Crippen molar-refractivity contribution in [2.45, 2.75) is 25.5 Å². The standard InChI is InChI=1S/C15H19N3OS/c1(14-3-5-16-12-17-14)2-15-10-18(6-7-19-15)9-13-4-8-20-11-13/h3-5,8,11-12,15H,1-2,6-7,9-10H2. The predicted octanol–water partition coefficient (Wildman–Crippen LogP) is 2.37. The summed E-state index contributed by atoms with van der Waals surface area (Å²) in [4.78, 5) is 10.7. The lowest BCUT2D eigenvalue weighted by Gasteiger charge is -2.32. The third kappa shape index (κ3) is 3.85. The first-order valence-electron chi connectivity index (χ1n) is 7.00. The van der Waals surface area contributed by atoms with E-state index in [4.69, 9.17) is 4.74 Å². The first kappa shape index (κ1) is 13.7. The molecule has 1 atom stereocenters. The van der Waals surface area contributed by atoms with Crippen LogP contribution in [-0.2, 0) is 17.7 Å². The summed E-state index contributed by atoms with van der Waals surface area (Å²) in [6.45, 7) is 3.91. The van der Waals surface area contributed by atoms with Gasteiger partial charge in [0.25, 0.3) is 0 Å². The summed E-state index contributed by atoms with van der Waals surface area (Å²) in [5.41, 5.74) is 2.50. The van der Waals surface area contributed by atoms with Gasteiger partial charge < -0.3 is 4.74 Å². The van der Waals surface area contributed by atoms with Gasteiger partial charge in [-0.1, -0.05) is 0 Å². The van der Waals surface area contributed by atoms with Gasteiger partial charge in [0.15, 0.2) is 0 Å². The van der Waals surface area contributed by atoms with E-state index in [0.29, 0.717) is 6.10 Å². The Labute approximate surface area is 123 Å². The SMILES string of the molecule is c1cc(CCC2CN(Cc3ccsc3)CCO2)ncn1. The smallest absolute Gasteiger partial charge is 0.115 e. The molecular weight excluding hydrogens is 270 g/mol. The summed E-state index contributed by atoms with van der Waals surface area (Å²) >= 11 is 1.76. The lowest BCUT2D eigenvalue weighted by atomic mass is 10.1. The van der Waals surface area contributed by atoms with Crippen LogP contribution in [0.1, 0.15) is 17.7 Å². The molecule has 2 aromatic rings. The van der Waals surface area contributed by atoms with Gasteiger partial charge in [-0.2, -0.15) is 11.3 Å². The lowest BCUT2D eigenvalue weighted by molar-refractivity contribution is -0.0346. The zero-order chi connectivity index (χ0) is 13.6. The number of nitrogens with zero attached hydrogens (tertiary/aromatic N) is 3. The van der Waals surface area contributed by atoms with Crippen LogP contribution in [-0.4, -0.2) is 40.7 Å². The van der Waals surface area contributed by atoms with Crippen molar-refractivity contribution in [2.75, 3.05) is 19.7 Å². The van der Waals surface area contributed by atoms with E-state index in [9.17, 15) is 0 Å². The third-order valence-corrected chi connectivity index (χ3v) is 4.31. The molecule has 0 bridgehead atoms. The second kappa shape index (κ2) is 6.92. The van der Waals surface area contributed by atoms with Crippen molar-refractivity contribution in [3.05, 3.63) is 46.7 Å². The van der Waals surface area contributed by atoms with Gasteiger partial charge in [0.2, 0.25) is 0 Å². The van der Waals surface area contributed by atoms with Crippen molar-refractivity contribution in [3.8, 4) is 0 Å². The maximum atomic E-state index is 5.87. The molecule has 2 aromatic heterocycles. The second-order valence-electron chi connectivity index (χ2n) is 5.10. The first-order chi connectivity index (χ1) is 9.90. The van der Waals surface area contributed by atoms with Gasteiger partial charge >= 0.3 is 0 Å². The highest BCUT2D eigenvalue weighted by Crippen LogP contribution is 2.15. The Bertz CT molecular complexity index is 503. The van der Waals surface area contributed by atoms with Crippen LogP contribution in [0.5, 0.6) is 0 Å². The molecule has 0 aromatic carbocycles. The average Bonchev–Trinajstić information content (AvgIpc) is 3.00. The predicted molar refractivity (Wildman–Crippen MR) is 79.7 cm³/mol. The Morgan fingerprint density at radius 3 is 3.20 bits per heavy atom. The molecule has 1 fully saturated rings. The molecule has 0 saturated carbocycles.